The van der Waals surface area contributed by atoms with Gasteiger partial charge in [-0.2, -0.15) is 0 Å². The average Bonchev–Trinajstić information content (AvgIpc) is 2.89. The van der Waals surface area contributed by atoms with Crippen LogP contribution < -0.4 is 10.5 Å². The number of carbonyl (C=O) groups is 1. The molecule has 11 heteroatoms. The molecule has 1 heterocycles. The van der Waals surface area contributed by atoms with E-state index in [4.69, 9.17) is 16.7 Å². The second-order valence-electron chi connectivity index (χ2n) is 5.18. The lowest BCUT2D eigenvalue weighted by Crippen LogP contribution is -2.12. The highest BCUT2D eigenvalue weighted by molar-refractivity contribution is 7.89. The van der Waals surface area contributed by atoms with Gasteiger partial charge in [0.2, 0.25) is 15.9 Å². The maximum Gasteiger partial charge on any atom is 0.364 e. The second kappa shape index (κ2) is 6.75. The lowest BCUT2D eigenvalue weighted by atomic mass is 10.2. The van der Waals surface area contributed by atoms with Crippen LogP contribution in [0.2, 0.25) is 5.02 Å². The van der Waals surface area contributed by atoms with Crippen LogP contribution in [-0.4, -0.2) is 24.5 Å². The van der Waals surface area contributed by atoms with Gasteiger partial charge in [0.15, 0.2) is 5.69 Å². The summed E-state index contributed by atoms with van der Waals surface area (Å²) in [5, 5.41) is 25.3. The standard InChI is InChI=1S/C15H12ClN5O4S/c16-10-2-1-3-11-12(10)13(14(22)19-11)20-21-15(23)18-8-4-6-9(7-5-8)26(17,24)25/h1-7,19,22H,(H,18,23)(H2,17,24,25). The van der Waals surface area contributed by atoms with Crippen LogP contribution in [0.1, 0.15) is 0 Å². The van der Waals surface area contributed by atoms with Crippen molar-refractivity contribution in [3.63, 3.8) is 0 Å². The Hall–Kier alpha value is -2.95. The molecule has 5 N–H and O–H groups in total. The average molecular weight is 394 g/mol. The quantitative estimate of drug-likeness (QED) is 0.503. The van der Waals surface area contributed by atoms with E-state index in [1.807, 2.05) is 0 Å². The Bertz CT molecular complexity index is 1120. The summed E-state index contributed by atoms with van der Waals surface area (Å²) in [5.41, 5.74) is 0.871. The number of benzene rings is 2. The molecule has 3 rings (SSSR count). The number of rotatable bonds is 3. The minimum atomic E-state index is -3.82. The number of aromatic amines is 1. The molecule has 9 nitrogen and oxygen atoms in total. The number of fused-ring (bicyclic) bond motifs is 1. The van der Waals surface area contributed by atoms with Crippen LogP contribution in [0.15, 0.2) is 57.6 Å². The zero-order valence-corrected chi connectivity index (χ0v) is 14.5. The SMILES string of the molecule is NS(=O)(=O)c1ccc(NC(=O)N=Nc2c(O)[nH]c3cccc(Cl)c23)cc1. The molecule has 0 aliphatic carbocycles. The lowest BCUT2D eigenvalue weighted by molar-refractivity contribution is 0.258. The van der Waals surface area contributed by atoms with Gasteiger partial charge in [-0.05, 0) is 36.4 Å². The molecule has 0 atom stereocenters. The Morgan fingerprint density at radius 3 is 2.54 bits per heavy atom. The molecule has 0 aliphatic rings. The number of halogens is 1. The fourth-order valence-electron chi connectivity index (χ4n) is 2.24. The Morgan fingerprint density at radius 1 is 1.19 bits per heavy atom. The number of aromatic nitrogens is 1. The number of azo groups is 1. The van der Waals surface area contributed by atoms with Crippen molar-refractivity contribution in [2.24, 2.45) is 15.4 Å². The van der Waals surface area contributed by atoms with Crippen molar-refractivity contribution >= 4 is 49.9 Å². The molecule has 2 amide bonds. The molecule has 1 aromatic heterocycles. The first-order valence-corrected chi connectivity index (χ1v) is 9.03. The zero-order valence-electron chi connectivity index (χ0n) is 13.0. The number of nitrogens with two attached hydrogens (primary N) is 1. The van der Waals surface area contributed by atoms with E-state index >= 15 is 0 Å². The molecule has 3 aromatic rings. The van der Waals surface area contributed by atoms with E-state index in [2.05, 4.69) is 20.5 Å². The summed E-state index contributed by atoms with van der Waals surface area (Å²) in [6, 6.07) is 9.37. The fourth-order valence-corrected chi connectivity index (χ4v) is 3.02. The van der Waals surface area contributed by atoms with Gasteiger partial charge in [-0.15, -0.1) is 5.11 Å². The number of nitrogens with one attached hydrogen (secondary N) is 2. The maximum absolute atomic E-state index is 11.9. The van der Waals surface area contributed by atoms with Crippen LogP contribution in [0.5, 0.6) is 5.88 Å². The molecule has 0 saturated carbocycles. The molecule has 0 unspecified atom stereocenters. The lowest BCUT2D eigenvalue weighted by Gasteiger charge is -2.02. The van der Waals surface area contributed by atoms with E-state index in [1.165, 1.54) is 24.3 Å². The molecule has 0 bridgehead atoms. The van der Waals surface area contributed by atoms with Crippen molar-refractivity contribution < 1.29 is 18.3 Å². The number of amides is 2. The Kier molecular flexibility index (Phi) is 4.64. The monoisotopic (exact) mass is 393 g/mol. The van der Waals surface area contributed by atoms with E-state index in [0.717, 1.165) is 0 Å². The van der Waals surface area contributed by atoms with Crippen molar-refractivity contribution in [3.8, 4) is 5.88 Å². The highest BCUT2D eigenvalue weighted by Gasteiger charge is 2.14. The largest absolute Gasteiger partial charge is 0.493 e. The van der Waals surface area contributed by atoms with E-state index < -0.39 is 16.1 Å². The van der Waals surface area contributed by atoms with E-state index in [-0.39, 0.29) is 16.5 Å². The smallest absolute Gasteiger partial charge is 0.364 e. The van der Waals surface area contributed by atoms with Crippen molar-refractivity contribution in [1.82, 2.24) is 4.98 Å². The van der Waals surface area contributed by atoms with Gasteiger partial charge in [0.25, 0.3) is 0 Å². The second-order valence-corrected chi connectivity index (χ2v) is 7.15. The summed E-state index contributed by atoms with van der Waals surface area (Å²) in [5.74, 6) is -0.276. The van der Waals surface area contributed by atoms with E-state index in [9.17, 15) is 18.3 Å². The summed E-state index contributed by atoms with van der Waals surface area (Å²) in [4.78, 5) is 14.5. The van der Waals surface area contributed by atoms with Crippen molar-refractivity contribution in [2.75, 3.05) is 5.32 Å². The van der Waals surface area contributed by atoms with Gasteiger partial charge in [0.1, 0.15) is 0 Å². The first-order valence-electron chi connectivity index (χ1n) is 7.10. The third kappa shape index (κ3) is 3.67. The van der Waals surface area contributed by atoms with Crippen molar-refractivity contribution in [2.45, 2.75) is 4.90 Å². The molecule has 0 saturated heterocycles. The number of carbonyl (C=O) groups excluding carboxylic acids is 1. The molecular weight excluding hydrogens is 382 g/mol. The molecule has 2 aromatic carbocycles. The molecule has 26 heavy (non-hydrogen) atoms. The predicted molar refractivity (Wildman–Crippen MR) is 96.3 cm³/mol. The van der Waals surface area contributed by atoms with Crippen LogP contribution in [-0.2, 0) is 10.0 Å². The number of sulfonamides is 1. The van der Waals surface area contributed by atoms with Crippen LogP contribution in [0.25, 0.3) is 10.9 Å². The number of aromatic hydroxyl groups is 1. The van der Waals surface area contributed by atoms with Gasteiger partial charge in [-0.3, -0.25) is 0 Å². The normalized spacial score (nSPS) is 11.9. The fraction of sp³-hybridized carbons (Fsp3) is 0. The zero-order chi connectivity index (χ0) is 18.9. The number of H-pyrrole nitrogens is 1. The van der Waals surface area contributed by atoms with Crippen LogP contribution >= 0.6 is 11.6 Å². The van der Waals surface area contributed by atoms with Gasteiger partial charge in [0, 0.05) is 11.1 Å². The minimum absolute atomic E-state index is 0.0327. The van der Waals surface area contributed by atoms with Crippen molar-refractivity contribution in [3.05, 3.63) is 47.5 Å². The summed E-state index contributed by atoms with van der Waals surface area (Å²) in [6.45, 7) is 0. The van der Waals surface area contributed by atoms with Gasteiger partial charge in [-0.1, -0.05) is 22.8 Å². The van der Waals surface area contributed by atoms with E-state index in [1.54, 1.807) is 18.2 Å². The number of primary sulfonamides is 1. The van der Waals surface area contributed by atoms with E-state index in [0.29, 0.717) is 21.6 Å². The third-order valence-corrected chi connectivity index (χ3v) is 4.65. The Morgan fingerprint density at radius 2 is 1.88 bits per heavy atom. The molecule has 0 aliphatic heterocycles. The third-order valence-electron chi connectivity index (χ3n) is 3.40. The molecule has 0 radical (unpaired) electrons. The summed E-state index contributed by atoms with van der Waals surface area (Å²) >= 11 is 6.08. The van der Waals surface area contributed by atoms with Gasteiger partial charge >= 0.3 is 6.03 Å². The number of nitrogens with zero attached hydrogens (tertiary/aromatic N) is 2. The number of hydrogen-bond donors (Lipinski definition) is 4. The predicted octanol–water partition coefficient (Wildman–Crippen LogP) is 3.49. The number of hydrogen-bond acceptors (Lipinski definition) is 5. The highest BCUT2D eigenvalue weighted by atomic mass is 35.5. The molecule has 134 valence electrons. The first kappa shape index (κ1) is 17.9. The highest BCUT2D eigenvalue weighted by Crippen LogP contribution is 2.39. The summed E-state index contributed by atoms with van der Waals surface area (Å²) in [7, 11) is -3.82. The van der Waals surface area contributed by atoms with Crippen LogP contribution in [0.4, 0.5) is 16.2 Å². The summed E-state index contributed by atoms with van der Waals surface area (Å²) < 4.78 is 22.4. The maximum atomic E-state index is 11.9. The van der Waals surface area contributed by atoms with Crippen LogP contribution in [0, 0.1) is 0 Å². The Labute approximate surface area is 152 Å². The number of urea groups is 1. The van der Waals surface area contributed by atoms with Crippen molar-refractivity contribution in [1.29, 1.82) is 0 Å². The van der Waals surface area contributed by atoms with Crippen LogP contribution in [0.3, 0.4) is 0 Å². The summed E-state index contributed by atoms with van der Waals surface area (Å²) in [6.07, 6.45) is 0. The Balaban J connectivity index is 1.79. The number of anilines is 1. The van der Waals surface area contributed by atoms with Gasteiger partial charge in [0.05, 0.1) is 15.4 Å². The molecule has 0 fully saturated rings. The molecular formula is C15H12ClN5O4S. The van der Waals surface area contributed by atoms with Gasteiger partial charge < -0.3 is 15.4 Å². The first-order chi connectivity index (χ1) is 12.3. The molecule has 0 spiro atoms. The van der Waals surface area contributed by atoms with Gasteiger partial charge in [-0.25, -0.2) is 18.4 Å². The minimum Gasteiger partial charge on any atom is -0.493 e. The topological polar surface area (TPSA) is 150 Å².